The molecule has 0 aliphatic heterocycles. The molecule has 0 amide bonds. The predicted molar refractivity (Wildman–Crippen MR) is 57.2 cm³/mol. The van der Waals surface area contributed by atoms with Crippen LogP contribution in [-0.4, -0.2) is 22.2 Å². The summed E-state index contributed by atoms with van der Waals surface area (Å²) >= 11 is 5.39. The van der Waals surface area contributed by atoms with Gasteiger partial charge in [-0.15, -0.1) is 11.6 Å². The van der Waals surface area contributed by atoms with Gasteiger partial charge in [-0.25, -0.2) is 4.39 Å². The van der Waals surface area contributed by atoms with Crippen LogP contribution in [0, 0.1) is 12.7 Å². The maximum Gasteiger partial charge on any atom is 0.125 e. The second kappa shape index (κ2) is 4.79. The molecule has 0 bridgehead atoms. The molecule has 3 nitrogen and oxygen atoms in total. The fourth-order valence-electron chi connectivity index (χ4n) is 1.32. The van der Waals surface area contributed by atoms with Crippen LogP contribution in [0.3, 0.4) is 0 Å². The van der Waals surface area contributed by atoms with Gasteiger partial charge in [-0.05, 0) is 30.2 Å². The van der Waals surface area contributed by atoms with Crippen LogP contribution in [0.15, 0.2) is 12.1 Å². The van der Waals surface area contributed by atoms with Gasteiger partial charge in [-0.2, -0.15) is 0 Å². The lowest BCUT2D eigenvalue weighted by Gasteiger charge is -2.18. The van der Waals surface area contributed by atoms with Crippen molar-refractivity contribution < 1.29 is 14.6 Å². The van der Waals surface area contributed by atoms with Gasteiger partial charge in [-0.1, -0.05) is 0 Å². The molecule has 1 aromatic carbocycles. The first-order valence-corrected chi connectivity index (χ1v) is 4.98. The number of alkyl halides is 1. The van der Waals surface area contributed by atoms with Crippen LogP contribution in [0.5, 0.6) is 0 Å². The van der Waals surface area contributed by atoms with E-state index in [1.54, 1.807) is 6.92 Å². The molecule has 0 heterocycles. The highest BCUT2D eigenvalue weighted by Crippen LogP contribution is 2.26. The van der Waals surface area contributed by atoms with Crippen LogP contribution in [0.2, 0.25) is 0 Å². The third kappa shape index (κ3) is 2.59. The number of nitrogen functional groups attached to an aromatic ring is 1. The highest BCUT2D eigenvalue weighted by atomic mass is 35.5. The molecule has 0 fully saturated rings. The second-order valence-electron chi connectivity index (χ2n) is 3.38. The zero-order chi connectivity index (χ0) is 11.6. The smallest absolute Gasteiger partial charge is 0.125 e. The van der Waals surface area contributed by atoms with Crippen LogP contribution in [0.25, 0.3) is 0 Å². The third-order valence-electron chi connectivity index (χ3n) is 2.29. The molecule has 15 heavy (non-hydrogen) atoms. The summed E-state index contributed by atoms with van der Waals surface area (Å²) in [5.41, 5.74) is 6.59. The summed E-state index contributed by atoms with van der Waals surface area (Å²) in [6, 6.07) is 2.31. The van der Waals surface area contributed by atoms with E-state index in [-0.39, 0.29) is 17.1 Å². The Morgan fingerprint density at radius 1 is 1.47 bits per heavy atom. The Labute approximate surface area is 92.3 Å². The zero-order valence-electron chi connectivity index (χ0n) is 8.24. The fourth-order valence-corrected chi connectivity index (χ4v) is 1.49. The minimum Gasteiger partial charge on any atom is -0.398 e. The molecule has 84 valence electrons. The first-order chi connectivity index (χ1) is 6.97. The van der Waals surface area contributed by atoms with Crippen molar-refractivity contribution in [2.24, 2.45) is 0 Å². The Bertz CT molecular complexity index is 360. The summed E-state index contributed by atoms with van der Waals surface area (Å²) in [5.74, 6) is -0.675. The van der Waals surface area contributed by atoms with Gasteiger partial charge in [0.25, 0.3) is 0 Å². The van der Waals surface area contributed by atoms with Crippen LogP contribution in [-0.2, 0) is 0 Å². The van der Waals surface area contributed by atoms with E-state index in [2.05, 4.69) is 0 Å². The van der Waals surface area contributed by atoms with Crippen LogP contribution >= 0.6 is 11.6 Å². The highest BCUT2D eigenvalue weighted by molar-refractivity contribution is 6.18. The minimum absolute atomic E-state index is 0.128. The van der Waals surface area contributed by atoms with Gasteiger partial charge >= 0.3 is 0 Å². The third-order valence-corrected chi connectivity index (χ3v) is 2.61. The molecular formula is C10H13ClFNO2. The van der Waals surface area contributed by atoms with Crippen molar-refractivity contribution in [3.63, 3.8) is 0 Å². The van der Waals surface area contributed by atoms with Crippen LogP contribution in [0.4, 0.5) is 10.1 Å². The van der Waals surface area contributed by atoms with Gasteiger partial charge in [0.15, 0.2) is 0 Å². The molecule has 5 heteroatoms. The van der Waals surface area contributed by atoms with Crippen molar-refractivity contribution in [1.29, 1.82) is 0 Å². The summed E-state index contributed by atoms with van der Waals surface area (Å²) in [6.07, 6.45) is -2.35. The molecule has 0 aliphatic carbocycles. The summed E-state index contributed by atoms with van der Waals surface area (Å²) in [4.78, 5) is 0. The van der Waals surface area contributed by atoms with E-state index in [1.807, 2.05) is 0 Å². The van der Waals surface area contributed by atoms with Crippen molar-refractivity contribution in [2.45, 2.75) is 19.1 Å². The number of halogens is 2. The van der Waals surface area contributed by atoms with Crippen LogP contribution in [0.1, 0.15) is 17.2 Å². The van der Waals surface area contributed by atoms with Gasteiger partial charge in [0.2, 0.25) is 0 Å². The molecule has 1 rings (SSSR count). The lowest BCUT2D eigenvalue weighted by atomic mass is 9.98. The summed E-state index contributed by atoms with van der Waals surface area (Å²) in [5, 5.41) is 19.0. The average molecular weight is 234 g/mol. The number of hydrogen-bond acceptors (Lipinski definition) is 3. The first-order valence-electron chi connectivity index (χ1n) is 4.45. The van der Waals surface area contributed by atoms with Crippen molar-refractivity contribution in [2.75, 3.05) is 11.6 Å². The number of nitrogens with two attached hydrogens (primary N) is 1. The molecule has 0 aliphatic rings. The Morgan fingerprint density at radius 3 is 2.60 bits per heavy atom. The van der Waals surface area contributed by atoms with Gasteiger partial charge < -0.3 is 15.9 Å². The number of hydrogen-bond donors (Lipinski definition) is 3. The standard InChI is InChI=1S/C10H13ClFNO2/c1-5-7(10(15)9(14)4-11)2-6(12)3-8(5)13/h2-3,9-10,14-15H,4,13H2,1H3. The van der Waals surface area contributed by atoms with E-state index < -0.39 is 18.0 Å². The maximum absolute atomic E-state index is 13.0. The van der Waals surface area contributed by atoms with Crippen molar-refractivity contribution in [3.8, 4) is 0 Å². The van der Waals surface area contributed by atoms with E-state index in [0.29, 0.717) is 5.56 Å². The van der Waals surface area contributed by atoms with Crippen LogP contribution < -0.4 is 5.73 Å². The van der Waals surface area contributed by atoms with E-state index in [4.69, 9.17) is 17.3 Å². The second-order valence-corrected chi connectivity index (χ2v) is 3.68. The van der Waals surface area contributed by atoms with Gasteiger partial charge in [-0.3, -0.25) is 0 Å². The normalized spacial score (nSPS) is 15.0. The summed E-state index contributed by atoms with van der Waals surface area (Å²) < 4.78 is 13.0. The molecule has 2 unspecified atom stereocenters. The van der Waals surface area contributed by atoms with Crippen molar-refractivity contribution in [1.82, 2.24) is 0 Å². The number of aliphatic hydroxyl groups is 2. The molecule has 0 spiro atoms. The molecule has 1 aromatic rings. The number of rotatable bonds is 3. The quantitative estimate of drug-likeness (QED) is 0.545. The zero-order valence-corrected chi connectivity index (χ0v) is 9.00. The van der Waals surface area contributed by atoms with Gasteiger partial charge in [0, 0.05) is 5.69 Å². The molecule has 0 saturated heterocycles. The largest absolute Gasteiger partial charge is 0.398 e. The van der Waals surface area contributed by atoms with Crippen molar-refractivity contribution >= 4 is 17.3 Å². The summed E-state index contributed by atoms with van der Waals surface area (Å²) in [6.45, 7) is 1.65. The topological polar surface area (TPSA) is 66.5 Å². The summed E-state index contributed by atoms with van der Waals surface area (Å²) in [7, 11) is 0. The van der Waals surface area contributed by atoms with Gasteiger partial charge in [0.05, 0.1) is 12.0 Å². The lowest BCUT2D eigenvalue weighted by Crippen LogP contribution is -2.21. The molecule has 4 N–H and O–H groups in total. The first kappa shape index (κ1) is 12.2. The van der Waals surface area contributed by atoms with Crippen molar-refractivity contribution in [3.05, 3.63) is 29.1 Å². The molecule has 2 atom stereocenters. The Balaban J connectivity index is 3.13. The SMILES string of the molecule is Cc1c(N)cc(F)cc1C(O)C(O)CCl. The molecular weight excluding hydrogens is 221 g/mol. The lowest BCUT2D eigenvalue weighted by molar-refractivity contribution is 0.0322. The monoisotopic (exact) mass is 233 g/mol. The van der Waals surface area contributed by atoms with E-state index >= 15 is 0 Å². The Hall–Kier alpha value is -0.840. The Kier molecular flexibility index (Phi) is 3.90. The predicted octanol–water partition coefficient (Wildman–Crippen LogP) is 1.35. The number of aliphatic hydroxyl groups excluding tert-OH is 2. The Morgan fingerprint density at radius 2 is 2.07 bits per heavy atom. The molecule has 0 saturated carbocycles. The highest BCUT2D eigenvalue weighted by Gasteiger charge is 2.20. The molecule has 0 radical (unpaired) electrons. The van der Waals surface area contributed by atoms with E-state index in [9.17, 15) is 14.6 Å². The molecule has 0 aromatic heterocycles. The minimum atomic E-state index is -1.22. The number of benzene rings is 1. The van der Waals surface area contributed by atoms with E-state index in [1.165, 1.54) is 6.07 Å². The maximum atomic E-state index is 13.0. The fraction of sp³-hybridized carbons (Fsp3) is 0.400. The number of anilines is 1. The average Bonchev–Trinajstić information content (AvgIpc) is 2.21. The van der Waals surface area contributed by atoms with Gasteiger partial charge in [0.1, 0.15) is 11.9 Å². The van der Waals surface area contributed by atoms with E-state index in [0.717, 1.165) is 6.07 Å².